The first-order chi connectivity index (χ1) is 10.2. The molecule has 21 heavy (non-hydrogen) atoms. The molecule has 106 valence electrons. The molecule has 3 aromatic rings. The number of fused-ring (bicyclic) bond motifs is 1. The number of amides is 1. The average Bonchev–Trinajstić information content (AvgIpc) is 2.87. The summed E-state index contributed by atoms with van der Waals surface area (Å²) < 4.78 is 5.75. The van der Waals surface area contributed by atoms with Crippen molar-refractivity contribution in [1.29, 1.82) is 0 Å². The minimum Gasteiger partial charge on any atom is -0.459 e. The molecule has 0 aliphatic carbocycles. The van der Waals surface area contributed by atoms with Gasteiger partial charge in [0.2, 0.25) is 5.91 Å². The van der Waals surface area contributed by atoms with Gasteiger partial charge in [-0.05, 0) is 30.3 Å². The number of carbonyl (C=O) groups is 1. The van der Waals surface area contributed by atoms with E-state index < -0.39 is 0 Å². The second-order valence-electron chi connectivity index (χ2n) is 4.87. The summed E-state index contributed by atoms with van der Waals surface area (Å²) in [6.45, 7) is 2.09. The lowest BCUT2D eigenvalue weighted by molar-refractivity contribution is -0.114. The van der Waals surface area contributed by atoms with Crippen LogP contribution < -0.4 is 10.6 Å². The zero-order valence-electron chi connectivity index (χ0n) is 11.7. The van der Waals surface area contributed by atoms with E-state index in [1.165, 1.54) is 6.92 Å². The number of anilines is 2. The van der Waals surface area contributed by atoms with Crippen LogP contribution >= 0.6 is 0 Å². The first-order valence-corrected chi connectivity index (χ1v) is 6.80. The van der Waals surface area contributed by atoms with Gasteiger partial charge in [-0.15, -0.1) is 0 Å². The zero-order valence-corrected chi connectivity index (χ0v) is 11.7. The standard InChI is InChI=1S/C17H16N2O2/c1-12(20)19-15-7-4-6-14(10-15)18-11-16-9-13-5-2-3-8-17(13)21-16/h2-10,18H,11H2,1H3,(H,19,20). The SMILES string of the molecule is CC(=O)Nc1cccc(NCc2cc3ccccc3o2)c1. The van der Waals surface area contributed by atoms with Crippen molar-refractivity contribution < 1.29 is 9.21 Å². The third kappa shape index (κ3) is 3.23. The second kappa shape index (κ2) is 5.71. The van der Waals surface area contributed by atoms with Crippen LogP contribution in [0.3, 0.4) is 0 Å². The maximum absolute atomic E-state index is 11.1. The van der Waals surface area contributed by atoms with Gasteiger partial charge in [0, 0.05) is 23.7 Å². The Morgan fingerprint density at radius 1 is 1.05 bits per heavy atom. The highest BCUT2D eigenvalue weighted by Gasteiger charge is 2.03. The Bertz CT molecular complexity index is 744. The van der Waals surface area contributed by atoms with Crippen molar-refractivity contribution in [2.24, 2.45) is 0 Å². The van der Waals surface area contributed by atoms with Crippen LogP contribution in [0.15, 0.2) is 59.0 Å². The maximum atomic E-state index is 11.1. The van der Waals surface area contributed by atoms with Crippen LogP contribution in [-0.4, -0.2) is 5.91 Å². The molecule has 1 amide bonds. The molecule has 0 saturated carbocycles. The molecular weight excluding hydrogens is 264 g/mol. The number of hydrogen-bond donors (Lipinski definition) is 2. The van der Waals surface area contributed by atoms with Gasteiger partial charge in [0.1, 0.15) is 11.3 Å². The normalized spacial score (nSPS) is 10.5. The number of para-hydroxylation sites is 1. The van der Waals surface area contributed by atoms with E-state index in [1.807, 2.05) is 54.6 Å². The van der Waals surface area contributed by atoms with Crippen molar-refractivity contribution in [3.63, 3.8) is 0 Å². The average molecular weight is 280 g/mol. The van der Waals surface area contributed by atoms with Gasteiger partial charge in [0.25, 0.3) is 0 Å². The van der Waals surface area contributed by atoms with Crippen LogP contribution in [0.2, 0.25) is 0 Å². The van der Waals surface area contributed by atoms with Crippen LogP contribution in [0, 0.1) is 0 Å². The van der Waals surface area contributed by atoms with Crippen LogP contribution in [0.1, 0.15) is 12.7 Å². The van der Waals surface area contributed by atoms with Gasteiger partial charge in [0.15, 0.2) is 0 Å². The molecule has 2 N–H and O–H groups in total. The van der Waals surface area contributed by atoms with Gasteiger partial charge in [-0.1, -0.05) is 24.3 Å². The third-order valence-corrected chi connectivity index (χ3v) is 3.13. The van der Waals surface area contributed by atoms with Gasteiger partial charge in [-0.3, -0.25) is 4.79 Å². The summed E-state index contributed by atoms with van der Waals surface area (Å²) in [4.78, 5) is 11.1. The Morgan fingerprint density at radius 2 is 1.86 bits per heavy atom. The van der Waals surface area contributed by atoms with Crippen molar-refractivity contribution in [3.8, 4) is 0 Å². The summed E-state index contributed by atoms with van der Waals surface area (Å²) in [5.41, 5.74) is 2.60. The lowest BCUT2D eigenvalue weighted by Gasteiger charge is -2.07. The quantitative estimate of drug-likeness (QED) is 0.759. The van der Waals surface area contributed by atoms with Crippen LogP contribution in [-0.2, 0) is 11.3 Å². The van der Waals surface area contributed by atoms with Crippen LogP contribution in [0.4, 0.5) is 11.4 Å². The van der Waals surface area contributed by atoms with Crippen molar-refractivity contribution in [2.45, 2.75) is 13.5 Å². The first-order valence-electron chi connectivity index (χ1n) is 6.80. The van der Waals surface area contributed by atoms with E-state index >= 15 is 0 Å². The molecule has 1 heterocycles. The minimum absolute atomic E-state index is 0.0792. The number of benzene rings is 2. The lowest BCUT2D eigenvalue weighted by Crippen LogP contribution is -2.06. The number of furan rings is 1. The minimum atomic E-state index is -0.0792. The summed E-state index contributed by atoms with van der Waals surface area (Å²) in [5, 5.41) is 7.15. The monoisotopic (exact) mass is 280 g/mol. The first kappa shape index (κ1) is 13.2. The summed E-state index contributed by atoms with van der Waals surface area (Å²) >= 11 is 0. The summed E-state index contributed by atoms with van der Waals surface area (Å²) in [6, 6.07) is 17.6. The predicted octanol–water partition coefficient (Wildman–Crippen LogP) is 4.00. The highest BCUT2D eigenvalue weighted by atomic mass is 16.3. The molecule has 0 fully saturated rings. The lowest BCUT2D eigenvalue weighted by atomic mass is 10.2. The molecule has 2 aromatic carbocycles. The molecule has 0 bridgehead atoms. The molecule has 0 saturated heterocycles. The Labute approximate surface area is 122 Å². The van der Waals surface area contributed by atoms with Crippen molar-refractivity contribution >= 4 is 28.3 Å². The van der Waals surface area contributed by atoms with Gasteiger partial charge in [-0.25, -0.2) is 0 Å². The van der Waals surface area contributed by atoms with Gasteiger partial charge in [-0.2, -0.15) is 0 Å². The Hall–Kier alpha value is -2.75. The molecule has 4 heteroatoms. The zero-order chi connectivity index (χ0) is 14.7. The van der Waals surface area contributed by atoms with Crippen molar-refractivity contribution in [3.05, 3.63) is 60.4 Å². The molecule has 4 nitrogen and oxygen atoms in total. The summed E-state index contributed by atoms with van der Waals surface area (Å²) in [5.74, 6) is 0.797. The van der Waals surface area contributed by atoms with E-state index in [-0.39, 0.29) is 5.91 Å². The second-order valence-corrected chi connectivity index (χ2v) is 4.87. The molecule has 1 aromatic heterocycles. The van der Waals surface area contributed by atoms with Gasteiger partial charge < -0.3 is 15.1 Å². The number of nitrogens with one attached hydrogen (secondary N) is 2. The van der Waals surface area contributed by atoms with Gasteiger partial charge >= 0.3 is 0 Å². The topological polar surface area (TPSA) is 54.3 Å². The van der Waals surface area contributed by atoms with E-state index in [9.17, 15) is 4.79 Å². The van der Waals surface area contributed by atoms with E-state index in [0.29, 0.717) is 6.54 Å². The molecule has 3 rings (SSSR count). The molecular formula is C17H16N2O2. The Morgan fingerprint density at radius 3 is 2.67 bits per heavy atom. The highest BCUT2D eigenvalue weighted by Crippen LogP contribution is 2.20. The molecule has 0 spiro atoms. The van der Waals surface area contributed by atoms with Crippen molar-refractivity contribution in [1.82, 2.24) is 0 Å². The van der Waals surface area contributed by atoms with Crippen LogP contribution in [0.25, 0.3) is 11.0 Å². The fourth-order valence-electron chi connectivity index (χ4n) is 2.22. The summed E-state index contributed by atoms with van der Waals surface area (Å²) in [7, 11) is 0. The molecule has 0 unspecified atom stereocenters. The number of carbonyl (C=O) groups excluding carboxylic acids is 1. The van der Waals surface area contributed by atoms with E-state index in [2.05, 4.69) is 10.6 Å². The van der Waals surface area contributed by atoms with Crippen molar-refractivity contribution in [2.75, 3.05) is 10.6 Å². The third-order valence-electron chi connectivity index (χ3n) is 3.13. The van der Waals surface area contributed by atoms with E-state index in [4.69, 9.17) is 4.42 Å². The maximum Gasteiger partial charge on any atom is 0.221 e. The highest BCUT2D eigenvalue weighted by molar-refractivity contribution is 5.89. The Kier molecular flexibility index (Phi) is 3.60. The van der Waals surface area contributed by atoms with Gasteiger partial charge in [0.05, 0.1) is 6.54 Å². The van der Waals surface area contributed by atoms with Crippen LogP contribution in [0.5, 0.6) is 0 Å². The molecule has 0 radical (unpaired) electrons. The smallest absolute Gasteiger partial charge is 0.221 e. The molecule has 0 aliphatic rings. The largest absolute Gasteiger partial charge is 0.459 e. The fourth-order valence-corrected chi connectivity index (χ4v) is 2.22. The fraction of sp³-hybridized carbons (Fsp3) is 0.118. The van der Waals surface area contributed by atoms with E-state index in [0.717, 1.165) is 28.1 Å². The summed E-state index contributed by atoms with van der Waals surface area (Å²) in [6.07, 6.45) is 0. The Balaban J connectivity index is 1.70. The molecule has 0 atom stereocenters. The molecule has 0 aliphatic heterocycles. The predicted molar refractivity (Wildman–Crippen MR) is 84.3 cm³/mol. The number of rotatable bonds is 4. The van der Waals surface area contributed by atoms with E-state index in [1.54, 1.807) is 0 Å². The number of hydrogen-bond acceptors (Lipinski definition) is 3.